The molecule has 23 heavy (non-hydrogen) atoms. The third-order valence-corrected chi connectivity index (χ3v) is 5.30. The summed E-state index contributed by atoms with van der Waals surface area (Å²) >= 11 is 1.44. The highest BCUT2D eigenvalue weighted by Crippen LogP contribution is 2.22. The van der Waals surface area contributed by atoms with Gasteiger partial charge < -0.3 is 15.5 Å². The Morgan fingerprint density at radius 3 is 2.83 bits per heavy atom. The number of nitrogens with one attached hydrogen (secondary N) is 2. The molecule has 0 radical (unpaired) electrons. The van der Waals surface area contributed by atoms with E-state index in [1.807, 2.05) is 17.5 Å². The first kappa shape index (κ1) is 18.2. The van der Waals surface area contributed by atoms with Crippen molar-refractivity contribution in [2.45, 2.75) is 44.2 Å². The standard InChI is InChI=1S/C16H23N3O2S.ClH/c20-15(18-12-5-3-8-17-11-12)13-6-1-2-9-19(13)16(21)14-7-4-10-22-14;/h4,7,10,12-13,17H,1-3,5-6,8-9,11H2,(H,18,20);1H. The van der Waals surface area contributed by atoms with E-state index in [9.17, 15) is 9.59 Å². The van der Waals surface area contributed by atoms with Crippen LogP contribution < -0.4 is 10.6 Å². The summed E-state index contributed by atoms with van der Waals surface area (Å²) in [5.74, 6) is 0.00919. The first-order chi connectivity index (χ1) is 10.8. The lowest BCUT2D eigenvalue weighted by Crippen LogP contribution is -2.55. The van der Waals surface area contributed by atoms with Crippen LogP contribution in [0.1, 0.15) is 41.8 Å². The topological polar surface area (TPSA) is 61.4 Å². The number of rotatable bonds is 3. The van der Waals surface area contributed by atoms with Gasteiger partial charge in [-0.05, 0) is 50.1 Å². The van der Waals surface area contributed by atoms with Crippen LogP contribution in [0.5, 0.6) is 0 Å². The highest BCUT2D eigenvalue weighted by Gasteiger charge is 2.33. The minimum absolute atomic E-state index is 0. The summed E-state index contributed by atoms with van der Waals surface area (Å²) in [5, 5.41) is 8.34. The highest BCUT2D eigenvalue weighted by molar-refractivity contribution is 7.12. The number of hydrogen-bond acceptors (Lipinski definition) is 4. The molecule has 7 heteroatoms. The summed E-state index contributed by atoms with van der Waals surface area (Å²) < 4.78 is 0. The number of carbonyl (C=O) groups is 2. The van der Waals surface area contributed by atoms with E-state index in [1.54, 1.807) is 4.90 Å². The smallest absolute Gasteiger partial charge is 0.264 e. The number of nitrogens with zero attached hydrogens (tertiary/aromatic N) is 1. The maximum Gasteiger partial charge on any atom is 0.264 e. The fraction of sp³-hybridized carbons (Fsp3) is 0.625. The Labute approximate surface area is 147 Å². The van der Waals surface area contributed by atoms with Gasteiger partial charge in [-0.25, -0.2) is 0 Å². The van der Waals surface area contributed by atoms with Crippen molar-refractivity contribution in [1.82, 2.24) is 15.5 Å². The zero-order valence-electron chi connectivity index (χ0n) is 13.1. The molecule has 0 saturated carbocycles. The minimum atomic E-state index is -0.315. The molecule has 0 spiro atoms. The molecule has 2 N–H and O–H groups in total. The molecule has 2 unspecified atom stereocenters. The summed E-state index contributed by atoms with van der Waals surface area (Å²) in [6, 6.07) is 3.60. The Hall–Kier alpha value is -1.11. The molecule has 2 atom stereocenters. The van der Waals surface area contributed by atoms with Crippen LogP contribution in [0.3, 0.4) is 0 Å². The second kappa shape index (κ2) is 8.66. The number of likely N-dealkylation sites (tertiary alicyclic amines) is 1. The number of halogens is 1. The Kier molecular flexibility index (Phi) is 6.87. The molecule has 2 fully saturated rings. The first-order valence-electron chi connectivity index (χ1n) is 8.11. The molecule has 3 rings (SSSR count). The van der Waals surface area contributed by atoms with Crippen molar-refractivity contribution in [1.29, 1.82) is 0 Å². The van der Waals surface area contributed by atoms with Crippen molar-refractivity contribution in [2.24, 2.45) is 0 Å². The minimum Gasteiger partial charge on any atom is -0.350 e. The Morgan fingerprint density at radius 1 is 1.26 bits per heavy atom. The Bertz CT molecular complexity index is 517. The maximum atomic E-state index is 12.6. The zero-order valence-corrected chi connectivity index (χ0v) is 14.8. The number of thiophene rings is 1. The summed E-state index contributed by atoms with van der Waals surface area (Å²) in [4.78, 5) is 27.7. The SMILES string of the molecule is Cl.O=C(NC1CCCNC1)C1CCCCN1C(=O)c1cccs1. The molecule has 0 aromatic carbocycles. The summed E-state index contributed by atoms with van der Waals surface area (Å²) in [7, 11) is 0. The first-order valence-corrected chi connectivity index (χ1v) is 8.99. The van der Waals surface area contributed by atoms with Crippen LogP contribution in [-0.2, 0) is 4.79 Å². The number of amides is 2. The van der Waals surface area contributed by atoms with Crippen LogP contribution in [0.4, 0.5) is 0 Å². The average molecular weight is 358 g/mol. The molecule has 0 aliphatic carbocycles. The molecule has 3 heterocycles. The summed E-state index contributed by atoms with van der Waals surface area (Å²) in [6.07, 6.45) is 4.86. The quantitative estimate of drug-likeness (QED) is 0.870. The normalized spacial score (nSPS) is 24.6. The van der Waals surface area contributed by atoms with Crippen molar-refractivity contribution < 1.29 is 9.59 Å². The van der Waals surface area contributed by atoms with E-state index in [2.05, 4.69) is 10.6 Å². The van der Waals surface area contributed by atoms with E-state index in [-0.39, 0.29) is 36.3 Å². The van der Waals surface area contributed by atoms with Crippen molar-refractivity contribution in [3.8, 4) is 0 Å². The third kappa shape index (κ3) is 4.46. The van der Waals surface area contributed by atoms with Gasteiger partial charge in [-0.15, -0.1) is 23.7 Å². The molecule has 2 aliphatic heterocycles. The average Bonchev–Trinajstić information content (AvgIpc) is 3.09. The molecule has 2 aliphatic rings. The monoisotopic (exact) mass is 357 g/mol. The summed E-state index contributed by atoms with van der Waals surface area (Å²) in [6.45, 7) is 2.54. The van der Waals surface area contributed by atoms with E-state index in [4.69, 9.17) is 0 Å². The van der Waals surface area contributed by atoms with Crippen molar-refractivity contribution in [2.75, 3.05) is 19.6 Å². The predicted molar refractivity (Wildman–Crippen MR) is 94.3 cm³/mol. The van der Waals surface area contributed by atoms with E-state index >= 15 is 0 Å². The van der Waals surface area contributed by atoms with Gasteiger partial charge in [0.2, 0.25) is 5.91 Å². The second-order valence-electron chi connectivity index (χ2n) is 6.04. The van der Waals surface area contributed by atoms with Gasteiger partial charge in [0.15, 0.2) is 0 Å². The van der Waals surface area contributed by atoms with Crippen LogP contribution in [0.2, 0.25) is 0 Å². The molecule has 5 nitrogen and oxygen atoms in total. The van der Waals surface area contributed by atoms with E-state index in [1.165, 1.54) is 11.3 Å². The van der Waals surface area contributed by atoms with Crippen LogP contribution in [0, 0.1) is 0 Å². The molecule has 2 amide bonds. The molecule has 2 saturated heterocycles. The van der Waals surface area contributed by atoms with Gasteiger partial charge in [0.25, 0.3) is 5.91 Å². The molecular weight excluding hydrogens is 334 g/mol. The van der Waals surface area contributed by atoms with Gasteiger partial charge in [0, 0.05) is 19.1 Å². The third-order valence-electron chi connectivity index (χ3n) is 4.44. The number of carbonyl (C=O) groups excluding carboxylic acids is 2. The zero-order chi connectivity index (χ0) is 15.4. The molecule has 0 bridgehead atoms. The predicted octanol–water partition coefficient (Wildman–Crippen LogP) is 2.03. The maximum absolute atomic E-state index is 12.6. The molecule has 1 aromatic heterocycles. The van der Waals surface area contributed by atoms with Crippen molar-refractivity contribution >= 4 is 35.6 Å². The van der Waals surface area contributed by atoms with Crippen LogP contribution in [-0.4, -0.2) is 48.4 Å². The van der Waals surface area contributed by atoms with E-state index < -0.39 is 0 Å². The largest absolute Gasteiger partial charge is 0.350 e. The van der Waals surface area contributed by atoms with Crippen molar-refractivity contribution in [3.05, 3.63) is 22.4 Å². The van der Waals surface area contributed by atoms with E-state index in [0.29, 0.717) is 6.54 Å². The molecule has 1 aromatic rings. The Balaban J connectivity index is 0.00000192. The van der Waals surface area contributed by atoms with Gasteiger partial charge in [-0.2, -0.15) is 0 Å². The van der Waals surface area contributed by atoms with Crippen LogP contribution >= 0.6 is 23.7 Å². The number of hydrogen-bond donors (Lipinski definition) is 2. The Morgan fingerprint density at radius 2 is 2.13 bits per heavy atom. The van der Waals surface area contributed by atoms with Gasteiger partial charge in [0.1, 0.15) is 6.04 Å². The fourth-order valence-corrected chi connectivity index (χ4v) is 3.94. The van der Waals surface area contributed by atoms with Gasteiger partial charge in [0.05, 0.1) is 4.88 Å². The van der Waals surface area contributed by atoms with Crippen LogP contribution in [0.15, 0.2) is 17.5 Å². The lowest BCUT2D eigenvalue weighted by molar-refractivity contribution is -0.127. The number of piperidine rings is 2. The van der Waals surface area contributed by atoms with Crippen LogP contribution in [0.25, 0.3) is 0 Å². The molecule has 128 valence electrons. The second-order valence-corrected chi connectivity index (χ2v) is 6.99. The lowest BCUT2D eigenvalue weighted by atomic mass is 10.00. The van der Waals surface area contributed by atoms with Gasteiger partial charge in [-0.1, -0.05) is 6.07 Å². The summed E-state index contributed by atoms with van der Waals surface area (Å²) in [5.41, 5.74) is 0. The van der Waals surface area contributed by atoms with Gasteiger partial charge >= 0.3 is 0 Å². The molecular formula is C16H24ClN3O2S. The lowest BCUT2D eigenvalue weighted by Gasteiger charge is -2.36. The van der Waals surface area contributed by atoms with Gasteiger partial charge in [-0.3, -0.25) is 9.59 Å². The van der Waals surface area contributed by atoms with Crippen molar-refractivity contribution in [3.63, 3.8) is 0 Å². The van der Waals surface area contributed by atoms with E-state index in [0.717, 1.165) is 50.1 Å². The fourth-order valence-electron chi connectivity index (χ4n) is 3.26. The highest BCUT2D eigenvalue weighted by atomic mass is 35.5.